The molecule has 0 bridgehead atoms. The number of para-hydroxylation sites is 2. The molecule has 0 radical (unpaired) electrons. The molecule has 2 aromatic carbocycles. The molecule has 0 aliphatic rings. The van der Waals surface area contributed by atoms with Crippen molar-refractivity contribution in [1.29, 1.82) is 0 Å². The van der Waals surface area contributed by atoms with Crippen molar-refractivity contribution in [2.45, 2.75) is 39.5 Å². The van der Waals surface area contributed by atoms with E-state index in [-0.39, 0.29) is 18.8 Å². The molecular formula is C18H23NO2. The summed E-state index contributed by atoms with van der Waals surface area (Å²) in [6.07, 6.45) is 0.140. The number of nitrogens with one attached hydrogen (secondary N) is 1. The van der Waals surface area contributed by atoms with Crippen molar-refractivity contribution in [2.75, 3.05) is 5.32 Å². The fourth-order valence-electron chi connectivity index (χ4n) is 2.22. The topological polar surface area (TPSA) is 41.5 Å². The van der Waals surface area contributed by atoms with Gasteiger partial charge in [0.05, 0.1) is 18.4 Å². The molecule has 0 amide bonds. The average Bonchev–Trinajstić information content (AvgIpc) is 2.48. The molecule has 0 heterocycles. The summed E-state index contributed by atoms with van der Waals surface area (Å²) in [4.78, 5) is 0. The Bertz CT molecular complexity index is 581. The van der Waals surface area contributed by atoms with E-state index in [4.69, 9.17) is 4.74 Å². The molecule has 3 nitrogen and oxygen atoms in total. The highest BCUT2D eigenvalue weighted by Gasteiger charge is 2.10. The van der Waals surface area contributed by atoms with Crippen LogP contribution in [0.2, 0.25) is 0 Å². The van der Waals surface area contributed by atoms with Crippen LogP contribution in [-0.2, 0) is 6.61 Å². The summed E-state index contributed by atoms with van der Waals surface area (Å²) in [5, 5.41) is 12.7. The lowest BCUT2D eigenvalue weighted by atomic mass is 10.1. The molecule has 1 unspecified atom stereocenters. The van der Waals surface area contributed by atoms with Crippen LogP contribution in [0.5, 0.6) is 5.75 Å². The Morgan fingerprint density at radius 2 is 1.81 bits per heavy atom. The van der Waals surface area contributed by atoms with E-state index in [0.717, 1.165) is 22.6 Å². The van der Waals surface area contributed by atoms with Crippen LogP contribution in [-0.4, -0.2) is 11.2 Å². The fourth-order valence-corrected chi connectivity index (χ4v) is 2.22. The highest BCUT2D eigenvalue weighted by Crippen LogP contribution is 2.29. The summed E-state index contributed by atoms with van der Waals surface area (Å²) in [6, 6.07) is 16.1. The van der Waals surface area contributed by atoms with Crippen LogP contribution in [0.1, 0.15) is 37.9 Å². The maximum atomic E-state index is 9.24. The molecule has 0 spiro atoms. The maximum absolute atomic E-state index is 9.24. The van der Waals surface area contributed by atoms with Crippen molar-refractivity contribution in [2.24, 2.45) is 0 Å². The summed E-state index contributed by atoms with van der Waals surface area (Å²) in [5.74, 6) is 0.859. The number of aliphatic hydroxyl groups excluding tert-OH is 1. The molecule has 0 aliphatic carbocycles. The molecule has 2 N–H and O–H groups in total. The van der Waals surface area contributed by atoms with Gasteiger partial charge in [0.25, 0.3) is 0 Å². The van der Waals surface area contributed by atoms with Crippen LogP contribution in [0, 0.1) is 0 Å². The Kier molecular flexibility index (Phi) is 5.23. The van der Waals surface area contributed by atoms with E-state index in [0.29, 0.717) is 0 Å². The minimum Gasteiger partial charge on any atom is -0.489 e. The van der Waals surface area contributed by atoms with Gasteiger partial charge in [-0.15, -0.1) is 0 Å². The Morgan fingerprint density at radius 1 is 1.05 bits per heavy atom. The van der Waals surface area contributed by atoms with Crippen molar-refractivity contribution < 1.29 is 9.84 Å². The van der Waals surface area contributed by atoms with Gasteiger partial charge < -0.3 is 15.2 Å². The van der Waals surface area contributed by atoms with E-state index in [1.54, 1.807) is 0 Å². The molecule has 2 rings (SSSR count). The van der Waals surface area contributed by atoms with E-state index in [1.807, 2.05) is 56.3 Å². The summed E-state index contributed by atoms with van der Waals surface area (Å²) in [7, 11) is 0. The van der Waals surface area contributed by atoms with E-state index >= 15 is 0 Å². The maximum Gasteiger partial charge on any atom is 0.142 e. The van der Waals surface area contributed by atoms with Crippen LogP contribution in [0.15, 0.2) is 48.5 Å². The van der Waals surface area contributed by atoms with Gasteiger partial charge in [-0.2, -0.15) is 0 Å². The summed E-state index contributed by atoms with van der Waals surface area (Å²) in [5.41, 5.74) is 3.04. The fraction of sp³-hybridized carbons (Fsp3) is 0.333. The molecule has 0 saturated heterocycles. The molecule has 0 aromatic heterocycles. The number of rotatable bonds is 6. The summed E-state index contributed by atoms with van der Waals surface area (Å²) < 4.78 is 5.82. The van der Waals surface area contributed by atoms with Gasteiger partial charge in [-0.1, -0.05) is 36.4 Å². The molecule has 0 aliphatic heterocycles. The Morgan fingerprint density at radius 3 is 2.52 bits per heavy atom. The first-order chi connectivity index (χ1) is 10.1. The zero-order valence-corrected chi connectivity index (χ0v) is 12.8. The summed E-state index contributed by atoms with van der Waals surface area (Å²) >= 11 is 0. The number of anilines is 1. The first-order valence-corrected chi connectivity index (χ1v) is 7.32. The van der Waals surface area contributed by atoms with Gasteiger partial charge in [-0.25, -0.2) is 0 Å². The van der Waals surface area contributed by atoms with Crippen molar-refractivity contribution in [1.82, 2.24) is 0 Å². The number of ether oxygens (including phenoxy) is 1. The van der Waals surface area contributed by atoms with Gasteiger partial charge in [-0.05, 0) is 44.0 Å². The van der Waals surface area contributed by atoms with Gasteiger partial charge in [0.2, 0.25) is 0 Å². The predicted octanol–water partition coefficient (Wildman–Crippen LogP) is 4.14. The van der Waals surface area contributed by atoms with Gasteiger partial charge in [0.15, 0.2) is 0 Å². The van der Waals surface area contributed by atoms with Gasteiger partial charge in [0, 0.05) is 6.04 Å². The lowest BCUT2D eigenvalue weighted by Crippen LogP contribution is -2.11. The predicted molar refractivity (Wildman–Crippen MR) is 86.6 cm³/mol. The number of hydrogen-bond donors (Lipinski definition) is 2. The van der Waals surface area contributed by atoms with Crippen molar-refractivity contribution in [3.8, 4) is 5.75 Å². The van der Waals surface area contributed by atoms with Crippen LogP contribution in [0.4, 0.5) is 5.69 Å². The Balaban J connectivity index is 2.17. The standard InChI is InChI=1S/C18H23NO2/c1-13(2)21-18-10-5-4-9-17(18)19-14(3)16-8-6-7-15(11-16)12-20/h4-11,13-14,19-20H,12H2,1-3H3. The lowest BCUT2D eigenvalue weighted by Gasteiger charge is -2.20. The first-order valence-electron chi connectivity index (χ1n) is 7.32. The van der Waals surface area contributed by atoms with Crippen LogP contribution in [0.3, 0.4) is 0 Å². The van der Waals surface area contributed by atoms with Gasteiger partial charge in [0.1, 0.15) is 5.75 Å². The first kappa shape index (κ1) is 15.4. The second-order valence-corrected chi connectivity index (χ2v) is 5.43. The molecular weight excluding hydrogens is 262 g/mol. The molecule has 21 heavy (non-hydrogen) atoms. The normalized spacial score (nSPS) is 12.2. The zero-order valence-electron chi connectivity index (χ0n) is 12.8. The Labute approximate surface area is 126 Å². The van der Waals surface area contributed by atoms with Crippen molar-refractivity contribution in [3.05, 3.63) is 59.7 Å². The van der Waals surface area contributed by atoms with Crippen LogP contribution >= 0.6 is 0 Å². The third-order valence-electron chi connectivity index (χ3n) is 3.26. The lowest BCUT2D eigenvalue weighted by molar-refractivity contribution is 0.243. The minimum atomic E-state index is 0.0631. The molecule has 2 aromatic rings. The highest BCUT2D eigenvalue weighted by molar-refractivity contribution is 5.57. The molecule has 1 atom stereocenters. The summed E-state index contributed by atoms with van der Waals surface area (Å²) in [6.45, 7) is 6.20. The third-order valence-corrected chi connectivity index (χ3v) is 3.26. The quantitative estimate of drug-likeness (QED) is 0.838. The molecule has 0 saturated carbocycles. The molecule has 0 fully saturated rings. The second kappa shape index (κ2) is 7.14. The number of benzene rings is 2. The van der Waals surface area contributed by atoms with E-state index in [2.05, 4.69) is 18.3 Å². The minimum absolute atomic E-state index is 0.0631. The highest BCUT2D eigenvalue weighted by atomic mass is 16.5. The van der Waals surface area contributed by atoms with Crippen molar-refractivity contribution >= 4 is 5.69 Å². The largest absolute Gasteiger partial charge is 0.489 e. The number of aliphatic hydroxyl groups is 1. The van der Waals surface area contributed by atoms with E-state index < -0.39 is 0 Å². The smallest absolute Gasteiger partial charge is 0.142 e. The van der Waals surface area contributed by atoms with Crippen LogP contribution < -0.4 is 10.1 Å². The van der Waals surface area contributed by atoms with E-state index in [9.17, 15) is 5.11 Å². The zero-order chi connectivity index (χ0) is 15.2. The van der Waals surface area contributed by atoms with Crippen LogP contribution in [0.25, 0.3) is 0 Å². The molecule has 112 valence electrons. The average molecular weight is 285 g/mol. The van der Waals surface area contributed by atoms with Gasteiger partial charge >= 0.3 is 0 Å². The molecule has 3 heteroatoms. The SMILES string of the molecule is CC(C)Oc1ccccc1NC(C)c1cccc(CO)c1. The Hall–Kier alpha value is -2.00. The van der Waals surface area contributed by atoms with Gasteiger partial charge in [-0.3, -0.25) is 0 Å². The third kappa shape index (κ3) is 4.23. The number of hydrogen-bond acceptors (Lipinski definition) is 3. The second-order valence-electron chi connectivity index (χ2n) is 5.43. The monoisotopic (exact) mass is 285 g/mol. The van der Waals surface area contributed by atoms with Crippen molar-refractivity contribution in [3.63, 3.8) is 0 Å². The van der Waals surface area contributed by atoms with E-state index in [1.165, 1.54) is 0 Å².